The fourth-order valence-corrected chi connectivity index (χ4v) is 3.85. The van der Waals surface area contributed by atoms with Crippen LogP contribution in [-0.4, -0.2) is 51.2 Å². The van der Waals surface area contributed by atoms with Crippen LogP contribution in [0.2, 0.25) is 0 Å². The average molecular weight is 337 g/mol. The molecule has 0 radical (unpaired) electrons. The van der Waals surface area contributed by atoms with Gasteiger partial charge in [0.05, 0.1) is 28.7 Å². The zero-order valence-electron chi connectivity index (χ0n) is 13.7. The van der Waals surface area contributed by atoms with Crippen molar-refractivity contribution in [2.24, 2.45) is 0 Å². The van der Waals surface area contributed by atoms with Crippen molar-refractivity contribution in [2.75, 3.05) is 19.6 Å². The Labute approximate surface area is 138 Å². The number of sulfonamides is 1. The summed E-state index contributed by atoms with van der Waals surface area (Å²) in [6.45, 7) is 7.98. The number of benzene rings is 1. The van der Waals surface area contributed by atoms with Crippen LogP contribution in [0.1, 0.15) is 26.3 Å². The van der Waals surface area contributed by atoms with Crippen LogP contribution in [-0.2, 0) is 14.8 Å². The highest BCUT2D eigenvalue weighted by Gasteiger charge is 2.26. The van der Waals surface area contributed by atoms with Crippen LogP contribution in [0.5, 0.6) is 0 Å². The van der Waals surface area contributed by atoms with Gasteiger partial charge in [0.15, 0.2) is 0 Å². The largest absolute Gasteiger partial charge is 0.373 e. The van der Waals surface area contributed by atoms with Crippen LogP contribution >= 0.6 is 0 Å². The predicted octanol–water partition coefficient (Wildman–Crippen LogP) is 1.33. The molecule has 1 saturated heterocycles. The van der Waals surface area contributed by atoms with E-state index in [2.05, 4.69) is 9.62 Å². The molecule has 7 heteroatoms. The Morgan fingerprint density at radius 1 is 1.30 bits per heavy atom. The maximum atomic E-state index is 12.3. The van der Waals surface area contributed by atoms with Gasteiger partial charge in [0, 0.05) is 25.7 Å². The van der Waals surface area contributed by atoms with Gasteiger partial charge in [-0.15, -0.1) is 0 Å². The molecule has 0 saturated carbocycles. The molecular weight excluding hydrogens is 314 g/mol. The molecule has 0 amide bonds. The Hall–Kier alpha value is -1.46. The Balaban J connectivity index is 1.96. The Morgan fingerprint density at radius 3 is 2.39 bits per heavy atom. The van der Waals surface area contributed by atoms with Crippen LogP contribution in [0.3, 0.4) is 0 Å². The SMILES string of the molecule is CC1CN(C(C)CNS(=O)(=O)c2ccc(C#N)cc2)CC(C)O1. The van der Waals surface area contributed by atoms with Gasteiger partial charge in [-0.1, -0.05) is 0 Å². The first kappa shape index (κ1) is 17.9. The molecule has 0 aromatic heterocycles. The summed E-state index contributed by atoms with van der Waals surface area (Å²) in [6, 6.07) is 7.96. The van der Waals surface area contributed by atoms with Crippen molar-refractivity contribution < 1.29 is 13.2 Å². The molecule has 1 N–H and O–H groups in total. The van der Waals surface area contributed by atoms with E-state index in [1.807, 2.05) is 26.8 Å². The van der Waals surface area contributed by atoms with E-state index in [9.17, 15) is 8.42 Å². The summed E-state index contributed by atoms with van der Waals surface area (Å²) in [5, 5.41) is 8.76. The summed E-state index contributed by atoms with van der Waals surface area (Å²) >= 11 is 0. The summed E-state index contributed by atoms with van der Waals surface area (Å²) in [7, 11) is -3.56. The average Bonchev–Trinajstić information content (AvgIpc) is 2.52. The normalized spacial score (nSPS) is 24.1. The lowest BCUT2D eigenvalue weighted by Gasteiger charge is -2.38. The molecule has 3 atom stereocenters. The maximum absolute atomic E-state index is 12.3. The highest BCUT2D eigenvalue weighted by atomic mass is 32.2. The summed E-state index contributed by atoms with van der Waals surface area (Å²) in [4.78, 5) is 2.41. The summed E-state index contributed by atoms with van der Waals surface area (Å²) < 4.78 is 33.0. The van der Waals surface area contributed by atoms with E-state index in [0.29, 0.717) is 12.1 Å². The van der Waals surface area contributed by atoms with E-state index in [4.69, 9.17) is 10.00 Å². The second kappa shape index (κ2) is 7.41. The van der Waals surface area contributed by atoms with Gasteiger partial charge < -0.3 is 4.74 Å². The lowest BCUT2D eigenvalue weighted by atomic mass is 10.2. The third-order valence-corrected chi connectivity index (χ3v) is 5.37. The minimum absolute atomic E-state index is 0.0805. The molecule has 0 aliphatic carbocycles. The standard InChI is InChI=1S/C16H23N3O3S/c1-12(19-10-13(2)22-14(3)11-19)9-18-23(20,21)16-6-4-15(8-17)5-7-16/h4-7,12-14,18H,9-11H2,1-3H3. The summed E-state index contributed by atoms with van der Waals surface area (Å²) in [5.41, 5.74) is 0.439. The van der Waals surface area contributed by atoms with E-state index in [0.717, 1.165) is 13.1 Å². The molecule has 6 nitrogen and oxygen atoms in total. The van der Waals surface area contributed by atoms with Gasteiger partial charge in [-0.05, 0) is 45.0 Å². The van der Waals surface area contributed by atoms with Gasteiger partial charge in [-0.25, -0.2) is 13.1 Å². The molecule has 1 heterocycles. The highest BCUT2D eigenvalue weighted by molar-refractivity contribution is 7.89. The maximum Gasteiger partial charge on any atom is 0.240 e. The van der Waals surface area contributed by atoms with E-state index >= 15 is 0 Å². The third kappa shape index (κ3) is 4.75. The van der Waals surface area contributed by atoms with Gasteiger partial charge in [0.25, 0.3) is 0 Å². The first-order chi connectivity index (χ1) is 10.8. The molecule has 0 spiro atoms. The Morgan fingerprint density at radius 2 is 1.87 bits per heavy atom. The van der Waals surface area contributed by atoms with Crippen LogP contribution in [0.25, 0.3) is 0 Å². The zero-order chi connectivity index (χ0) is 17.0. The monoisotopic (exact) mass is 337 g/mol. The number of ether oxygens (including phenoxy) is 1. The quantitative estimate of drug-likeness (QED) is 0.876. The molecule has 3 unspecified atom stereocenters. The minimum Gasteiger partial charge on any atom is -0.373 e. The molecule has 2 rings (SSSR count). The van der Waals surface area contributed by atoms with Crippen LogP contribution in [0.4, 0.5) is 0 Å². The first-order valence-electron chi connectivity index (χ1n) is 7.71. The lowest BCUT2D eigenvalue weighted by molar-refractivity contribution is -0.0776. The number of hydrogen-bond donors (Lipinski definition) is 1. The Bertz CT molecular complexity index is 657. The smallest absolute Gasteiger partial charge is 0.240 e. The topological polar surface area (TPSA) is 82.4 Å². The number of morpholine rings is 1. The first-order valence-corrected chi connectivity index (χ1v) is 9.19. The molecule has 1 aromatic carbocycles. The number of nitrogens with zero attached hydrogens (tertiary/aromatic N) is 2. The van der Waals surface area contributed by atoms with Gasteiger partial charge in [-0.3, -0.25) is 4.90 Å². The van der Waals surface area contributed by atoms with Crippen molar-refractivity contribution in [3.8, 4) is 6.07 Å². The van der Waals surface area contributed by atoms with Crippen molar-refractivity contribution in [2.45, 2.75) is 43.9 Å². The molecule has 1 aliphatic rings. The van der Waals surface area contributed by atoms with Crippen molar-refractivity contribution >= 4 is 10.0 Å². The fraction of sp³-hybridized carbons (Fsp3) is 0.562. The van der Waals surface area contributed by atoms with Crippen molar-refractivity contribution in [1.82, 2.24) is 9.62 Å². The third-order valence-electron chi connectivity index (χ3n) is 3.93. The number of rotatable bonds is 5. The molecule has 126 valence electrons. The van der Waals surface area contributed by atoms with Crippen molar-refractivity contribution in [1.29, 1.82) is 5.26 Å². The summed E-state index contributed by atoms with van der Waals surface area (Å²) in [6.07, 6.45) is 0.299. The van der Waals surface area contributed by atoms with E-state index < -0.39 is 10.0 Å². The van der Waals surface area contributed by atoms with Gasteiger partial charge >= 0.3 is 0 Å². The van der Waals surface area contributed by atoms with Crippen LogP contribution < -0.4 is 4.72 Å². The van der Waals surface area contributed by atoms with E-state index in [-0.39, 0.29) is 23.1 Å². The molecular formula is C16H23N3O3S. The van der Waals surface area contributed by atoms with E-state index in [1.165, 1.54) is 24.3 Å². The lowest BCUT2D eigenvalue weighted by Crippen LogP contribution is -2.52. The molecule has 1 aliphatic heterocycles. The van der Waals surface area contributed by atoms with E-state index in [1.54, 1.807) is 0 Å². The van der Waals surface area contributed by atoms with Gasteiger partial charge in [0.2, 0.25) is 10.0 Å². The van der Waals surface area contributed by atoms with Gasteiger partial charge in [-0.2, -0.15) is 5.26 Å². The highest BCUT2D eigenvalue weighted by Crippen LogP contribution is 2.14. The molecule has 1 aromatic rings. The van der Waals surface area contributed by atoms with Crippen molar-refractivity contribution in [3.05, 3.63) is 29.8 Å². The fourth-order valence-electron chi connectivity index (χ4n) is 2.73. The molecule has 1 fully saturated rings. The Kier molecular flexibility index (Phi) is 5.76. The number of nitriles is 1. The predicted molar refractivity (Wildman–Crippen MR) is 87.4 cm³/mol. The van der Waals surface area contributed by atoms with Crippen LogP contribution in [0.15, 0.2) is 29.2 Å². The minimum atomic E-state index is -3.56. The number of hydrogen-bond acceptors (Lipinski definition) is 5. The molecule has 23 heavy (non-hydrogen) atoms. The summed E-state index contributed by atoms with van der Waals surface area (Å²) in [5.74, 6) is 0. The second-order valence-electron chi connectivity index (χ2n) is 6.05. The van der Waals surface area contributed by atoms with Crippen LogP contribution in [0, 0.1) is 11.3 Å². The molecule has 0 bridgehead atoms. The van der Waals surface area contributed by atoms with Gasteiger partial charge in [0.1, 0.15) is 0 Å². The second-order valence-corrected chi connectivity index (χ2v) is 7.82. The zero-order valence-corrected chi connectivity index (χ0v) is 14.5. The van der Waals surface area contributed by atoms with Crippen molar-refractivity contribution in [3.63, 3.8) is 0 Å². The number of nitrogens with one attached hydrogen (secondary N) is 1.